The minimum Gasteiger partial charge on any atom is -0.305 e. The number of para-hydroxylation sites is 1. The number of hydrogen-bond donors (Lipinski definition) is 1. The number of fused-ring (bicyclic) bond motifs is 1. The van der Waals surface area contributed by atoms with Crippen LogP contribution in [0.1, 0.15) is 22.8 Å². The Morgan fingerprint density at radius 3 is 2.33 bits per heavy atom. The molecule has 30 heavy (non-hydrogen) atoms. The number of nitrogens with zero attached hydrogens (tertiary/aromatic N) is 1. The standard InChI is InChI=1S/C22H18F2N2O3S/c1-14-12-16-13-17(30(28,29)25-21-18(23)8-5-9-19(21)24)10-11-20(16)26(14)22(27)15-6-3-2-4-7-15/h2-11,13-14,25H,12H2,1H3/t14-/m1/s1. The maximum atomic E-state index is 13.9. The minimum atomic E-state index is -4.22. The van der Waals surface area contributed by atoms with Crippen LogP contribution >= 0.6 is 0 Å². The largest absolute Gasteiger partial charge is 0.305 e. The first-order valence-electron chi connectivity index (χ1n) is 9.26. The first-order valence-corrected chi connectivity index (χ1v) is 10.7. The van der Waals surface area contributed by atoms with Gasteiger partial charge in [-0.1, -0.05) is 24.3 Å². The van der Waals surface area contributed by atoms with Crippen LogP contribution in [0.5, 0.6) is 0 Å². The van der Waals surface area contributed by atoms with Crippen LogP contribution in [-0.2, 0) is 16.4 Å². The zero-order valence-electron chi connectivity index (χ0n) is 16.0. The number of halogens is 2. The van der Waals surface area contributed by atoms with Gasteiger partial charge < -0.3 is 4.90 Å². The first kappa shape index (κ1) is 20.0. The number of nitrogens with one attached hydrogen (secondary N) is 1. The van der Waals surface area contributed by atoms with Gasteiger partial charge in [-0.05, 0) is 61.4 Å². The quantitative estimate of drug-likeness (QED) is 0.672. The van der Waals surface area contributed by atoms with Crippen molar-refractivity contribution in [1.82, 2.24) is 0 Å². The third-order valence-corrected chi connectivity index (χ3v) is 6.36. The SMILES string of the molecule is C[C@@H]1Cc2cc(S(=O)(=O)Nc3c(F)cccc3F)ccc2N1C(=O)c1ccccc1. The Morgan fingerprint density at radius 1 is 1.00 bits per heavy atom. The molecular weight excluding hydrogens is 410 g/mol. The van der Waals surface area contributed by atoms with Crippen LogP contribution in [0.4, 0.5) is 20.2 Å². The van der Waals surface area contributed by atoms with E-state index in [4.69, 9.17) is 0 Å². The smallest absolute Gasteiger partial charge is 0.262 e. The number of carbonyl (C=O) groups is 1. The molecule has 1 atom stereocenters. The van der Waals surface area contributed by atoms with Crippen molar-refractivity contribution < 1.29 is 22.0 Å². The summed E-state index contributed by atoms with van der Waals surface area (Å²) in [6.07, 6.45) is 0.464. The van der Waals surface area contributed by atoms with Crippen molar-refractivity contribution in [3.63, 3.8) is 0 Å². The lowest BCUT2D eigenvalue weighted by Crippen LogP contribution is -2.35. The summed E-state index contributed by atoms with van der Waals surface area (Å²) in [7, 11) is -4.22. The molecule has 1 amide bonds. The average Bonchev–Trinajstić information content (AvgIpc) is 3.06. The molecule has 0 spiro atoms. The first-order chi connectivity index (χ1) is 14.3. The molecule has 5 nitrogen and oxygen atoms in total. The van der Waals surface area contributed by atoms with Crippen molar-refractivity contribution in [3.05, 3.63) is 89.5 Å². The molecule has 3 aromatic rings. The van der Waals surface area contributed by atoms with Gasteiger partial charge in [-0.15, -0.1) is 0 Å². The number of rotatable bonds is 4. The second kappa shape index (κ2) is 7.53. The van der Waals surface area contributed by atoms with Crippen LogP contribution in [-0.4, -0.2) is 20.4 Å². The summed E-state index contributed by atoms with van der Waals surface area (Å²) in [5.74, 6) is -2.19. The summed E-state index contributed by atoms with van der Waals surface area (Å²) in [6, 6.07) is 16.0. The molecule has 154 valence electrons. The predicted molar refractivity (Wildman–Crippen MR) is 110 cm³/mol. The monoisotopic (exact) mass is 428 g/mol. The van der Waals surface area contributed by atoms with Gasteiger partial charge in [-0.3, -0.25) is 9.52 Å². The Morgan fingerprint density at radius 2 is 1.67 bits per heavy atom. The Balaban J connectivity index is 1.67. The van der Waals surface area contributed by atoms with Crippen LogP contribution in [0.15, 0.2) is 71.6 Å². The topological polar surface area (TPSA) is 66.5 Å². The fourth-order valence-corrected chi connectivity index (χ4v) is 4.72. The molecule has 1 heterocycles. The molecule has 0 saturated carbocycles. The fourth-order valence-electron chi connectivity index (χ4n) is 3.59. The van der Waals surface area contributed by atoms with E-state index in [2.05, 4.69) is 0 Å². The van der Waals surface area contributed by atoms with Crippen molar-refractivity contribution in [2.24, 2.45) is 0 Å². The van der Waals surface area contributed by atoms with Crippen molar-refractivity contribution in [2.45, 2.75) is 24.3 Å². The number of sulfonamides is 1. The zero-order valence-corrected chi connectivity index (χ0v) is 16.8. The Labute approximate surface area is 173 Å². The molecule has 1 aliphatic heterocycles. The normalized spacial score (nSPS) is 15.7. The summed E-state index contributed by atoms with van der Waals surface area (Å²) in [5, 5.41) is 0. The highest BCUT2D eigenvalue weighted by atomic mass is 32.2. The third kappa shape index (κ3) is 3.54. The maximum absolute atomic E-state index is 13.9. The van der Waals surface area contributed by atoms with Crippen LogP contribution in [0, 0.1) is 11.6 Å². The molecule has 1 N–H and O–H groups in total. The van der Waals surface area contributed by atoms with Gasteiger partial charge in [0.1, 0.15) is 17.3 Å². The predicted octanol–water partition coefficient (Wildman–Crippen LogP) is 4.36. The van der Waals surface area contributed by atoms with E-state index in [1.54, 1.807) is 35.2 Å². The lowest BCUT2D eigenvalue weighted by molar-refractivity contribution is 0.0981. The number of carbonyl (C=O) groups excluding carboxylic acids is 1. The fraction of sp³-hybridized carbons (Fsp3) is 0.136. The summed E-state index contributed by atoms with van der Waals surface area (Å²) < 4.78 is 55.1. The average molecular weight is 428 g/mol. The van der Waals surface area contributed by atoms with Crippen molar-refractivity contribution >= 4 is 27.3 Å². The van der Waals surface area contributed by atoms with Crippen molar-refractivity contribution in [2.75, 3.05) is 9.62 Å². The van der Waals surface area contributed by atoms with E-state index in [0.29, 0.717) is 23.2 Å². The molecule has 0 aromatic heterocycles. The highest BCUT2D eigenvalue weighted by Crippen LogP contribution is 2.35. The summed E-state index contributed by atoms with van der Waals surface area (Å²) in [5.41, 5.74) is 1.09. The van der Waals surface area contributed by atoms with Crippen LogP contribution in [0.2, 0.25) is 0 Å². The van der Waals surface area contributed by atoms with Gasteiger partial charge >= 0.3 is 0 Å². The second-order valence-corrected chi connectivity index (χ2v) is 8.77. The van der Waals surface area contributed by atoms with Crippen molar-refractivity contribution in [1.29, 1.82) is 0 Å². The summed E-state index contributed by atoms with van der Waals surface area (Å²) >= 11 is 0. The number of hydrogen-bond acceptors (Lipinski definition) is 3. The van der Waals surface area contributed by atoms with Gasteiger partial charge in [0, 0.05) is 17.3 Å². The molecule has 3 aromatic carbocycles. The van der Waals surface area contributed by atoms with Crippen LogP contribution in [0.3, 0.4) is 0 Å². The highest BCUT2D eigenvalue weighted by Gasteiger charge is 2.32. The van der Waals surface area contributed by atoms with E-state index in [0.717, 1.165) is 18.2 Å². The molecule has 8 heteroatoms. The van der Waals surface area contributed by atoms with Crippen LogP contribution in [0.25, 0.3) is 0 Å². The molecule has 1 aliphatic rings. The van der Waals surface area contributed by atoms with Gasteiger partial charge in [0.2, 0.25) is 0 Å². The maximum Gasteiger partial charge on any atom is 0.262 e. The number of benzene rings is 3. The third-order valence-electron chi connectivity index (χ3n) is 5.02. The van der Waals surface area contributed by atoms with Gasteiger partial charge in [0.15, 0.2) is 0 Å². The van der Waals surface area contributed by atoms with Gasteiger partial charge in [-0.25, -0.2) is 17.2 Å². The summed E-state index contributed by atoms with van der Waals surface area (Å²) in [6.45, 7) is 1.88. The molecule has 0 saturated heterocycles. The molecule has 0 aliphatic carbocycles. The van der Waals surface area contributed by atoms with E-state index in [-0.39, 0.29) is 16.8 Å². The van der Waals surface area contributed by atoms with E-state index >= 15 is 0 Å². The minimum absolute atomic E-state index is 0.134. The lowest BCUT2D eigenvalue weighted by atomic mass is 10.1. The molecule has 0 bridgehead atoms. The molecule has 0 fully saturated rings. The number of amides is 1. The van der Waals surface area contributed by atoms with Gasteiger partial charge in [-0.2, -0.15) is 0 Å². The van der Waals surface area contributed by atoms with Crippen molar-refractivity contribution in [3.8, 4) is 0 Å². The number of anilines is 2. The van der Waals surface area contributed by atoms with Gasteiger partial charge in [0.05, 0.1) is 4.90 Å². The lowest BCUT2D eigenvalue weighted by Gasteiger charge is -2.23. The van der Waals surface area contributed by atoms with Gasteiger partial charge in [0.25, 0.3) is 15.9 Å². The highest BCUT2D eigenvalue weighted by molar-refractivity contribution is 7.92. The Hall–Kier alpha value is -3.26. The van der Waals surface area contributed by atoms with E-state index < -0.39 is 27.3 Å². The molecule has 0 unspecified atom stereocenters. The molecule has 0 radical (unpaired) electrons. The zero-order chi connectivity index (χ0) is 21.5. The molecule has 4 rings (SSSR count). The van der Waals surface area contributed by atoms with E-state index in [1.807, 2.05) is 17.7 Å². The molecular formula is C22H18F2N2O3S. The Kier molecular flexibility index (Phi) is 5.03. The van der Waals surface area contributed by atoms with E-state index in [1.165, 1.54) is 12.1 Å². The summed E-state index contributed by atoms with van der Waals surface area (Å²) in [4.78, 5) is 14.4. The van der Waals surface area contributed by atoms with E-state index in [9.17, 15) is 22.0 Å². The second-order valence-electron chi connectivity index (χ2n) is 7.09. The van der Waals surface area contributed by atoms with Crippen LogP contribution < -0.4 is 9.62 Å². The Bertz CT molecular complexity index is 1210.